The lowest BCUT2D eigenvalue weighted by Crippen LogP contribution is -1.66. The van der Waals surface area contributed by atoms with E-state index in [2.05, 4.69) is 44.0 Å². The van der Waals surface area contributed by atoms with Crippen LogP contribution >= 0.6 is 31.9 Å². The van der Waals surface area contributed by atoms with Crippen LogP contribution in [0, 0.1) is 0 Å². The topological polar surface area (TPSA) is 0 Å². The Morgan fingerprint density at radius 2 is 1.75 bits per heavy atom. The van der Waals surface area contributed by atoms with Gasteiger partial charge in [-0.15, -0.1) is 0 Å². The van der Waals surface area contributed by atoms with Crippen molar-refractivity contribution in [2.24, 2.45) is 0 Å². The van der Waals surface area contributed by atoms with Crippen molar-refractivity contribution in [3.63, 3.8) is 0 Å². The minimum absolute atomic E-state index is 0.946. The van der Waals surface area contributed by atoms with Crippen molar-refractivity contribution in [2.75, 3.05) is 0 Å². The first kappa shape index (κ1) is 9.75. The molecule has 1 rings (SSSR count). The predicted molar refractivity (Wildman–Crippen MR) is 61.4 cm³/mol. The molecule has 0 aliphatic heterocycles. The lowest BCUT2D eigenvalue weighted by Gasteiger charge is -1.88. The molecule has 0 aliphatic carbocycles. The summed E-state index contributed by atoms with van der Waals surface area (Å²) in [5.74, 6) is 0. The first-order chi connectivity index (χ1) is 5.79. The zero-order chi connectivity index (χ0) is 8.81. The van der Waals surface area contributed by atoms with Gasteiger partial charge in [-0.3, -0.25) is 0 Å². The molecule has 1 aromatic carbocycles. The molecule has 0 nitrogen and oxygen atoms in total. The van der Waals surface area contributed by atoms with Gasteiger partial charge in [0.2, 0.25) is 0 Å². The molecule has 0 saturated heterocycles. The number of halogens is 2. The Kier molecular flexibility index (Phi) is 4.33. The van der Waals surface area contributed by atoms with Crippen LogP contribution in [-0.2, 0) is 0 Å². The van der Waals surface area contributed by atoms with Crippen LogP contribution in [0.3, 0.4) is 0 Å². The summed E-state index contributed by atoms with van der Waals surface area (Å²) in [7, 11) is 0. The Hall–Kier alpha value is -0.340. The molecule has 0 fully saturated rings. The molecular formula is C10H8Br2. The predicted octanol–water partition coefficient (Wildman–Crippen LogP) is 4.33. The average Bonchev–Trinajstić information content (AvgIpc) is 2.05. The molecule has 0 radical (unpaired) electrons. The van der Waals surface area contributed by atoms with Crippen LogP contribution < -0.4 is 0 Å². The van der Waals surface area contributed by atoms with Crippen molar-refractivity contribution in [3.8, 4) is 0 Å². The SMILES string of the molecule is BrC(Br)=CC=Cc1ccccc1. The third kappa shape index (κ3) is 3.88. The van der Waals surface area contributed by atoms with E-state index in [1.807, 2.05) is 36.4 Å². The van der Waals surface area contributed by atoms with Gasteiger partial charge < -0.3 is 0 Å². The molecule has 0 saturated carbocycles. The van der Waals surface area contributed by atoms with Crippen molar-refractivity contribution < 1.29 is 0 Å². The highest BCUT2D eigenvalue weighted by Gasteiger charge is 1.80. The van der Waals surface area contributed by atoms with E-state index in [4.69, 9.17) is 0 Å². The number of rotatable bonds is 2. The van der Waals surface area contributed by atoms with Gasteiger partial charge in [0.15, 0.2) is 0 Å². The molecule has 0 aliphatic rings. The molecule has 0 unspecified atom stereocenters. The Labute approximate surface area is 89.2 Å². The fraction of sp³-hybridized carbons (Fsp3) is 0. The monoisotopic (exact) mass is 286 g/mol. The standard InChI is InChI=1S/C10H8Br2/c11-10(12)8-4-7-9-5-2-1-3-6-9/h1-8H. The lowest BCUT2D eigenvalue weighted by molar-refractivity contribution is 1.66. The molecular weight excluding hydrogens is 280 g/mol. The van der Waals surface area contributed by atoms with E-state index in [-0.39, 0.29) is 0 Å². The average molecular weight is 288 g/mol. The molecule has 0 atom stereocenters. The van der Waals surface area contributed by atoms with Gasteiger partial charge in [-0.25, -0.2) is 0 Å². The summed E-state index contributed by atoms with van der Waals surface area (Å²) in [5, 5.41) is 0. The van der Waals surface area contributed by atoms with Crippen molar-refractivity contribution in [2.45, 2.75) is 0 Å². The maximum Gasteiger partial charge on any atom is 0.0604 e. The highest BCUT2D eigenvalue weighted by molar-refractivity contribution is 9.28. The Morgan fingerprint density at radius 3 is 2.33 bits per heavy atom. The van der Waals surface area contributed by atoms with E-state index in [9.17, 15) is 0 Å². The molecule has 0 amide bonds. The summed E-state index contributed by atoms with van der Waals surface area (Å²) < 4.78 is 0.946. The van der Waals surface area contributed by atoms with Gasteiger partial charge in [0.25, 0.3) is 0 Å². The smallest absolute Gasteiger partial charge is 0.0604 e. The molecule has 1 aromatic rings. The van der Waals surface area contributed by atoms with Crippen molar-refractivity contribution >= 4 is 37.9 Å². The van der Waals surface area contributed by atoms with Crippen LogP contribution in [0.2, 0.25) is 0 Å². The highest BCUT2D eigenvalue weighted by atomic mass is 79.9. The Morgan fingerprint density at radius 1 is 1.08 bits per heavy atom. The lowest BCUT2D eigenvalue weighted by atomic mass is 10.2. The number of hydrogen-bond acceptors (Lipinski definition) is 0. The first-order valence-corrected chi connectivity index (χ1v) is 5.12. The number of benzene rings is 1. The quantitative estimate of drug-likeness (QED) is 0.710. The van der Waals surface area contributed by atoms with Crippen LogP contribution in [0.15, 0.2) is 45.9 Å². The van der Waals surface area contributed by atoms with Gasteiger partial charge in [0.05, 0.1) is 3.39 Å². The molecule has 0 bridgehead atoms. The minimum Gasteiger partial charge on any atom is -0.0622 e. The number of allylic oxidation sites excluding steroid dienone is 2. The summed E-state index contributed by atoms with van der Waals surface area (Å²) in [4.78, 5) is 0. The molecule has 0 spiro atoms. The third-order valence-corrected chi connectivity index (χ3v) is 1.84. The van der Waals surface area contributed by atoms with Crippen LogP contribution in [0.25, 0.3) is 6.08 Å². The largest absolute Gasteiger partial charge is 0.0622 e. The fourth-order valence-electron chi connectivity index (χ4n) is 0.796. The van der Waals surface area contributed by atoms with Gasteiger partial charge in [0, 0.05) is 0 Å². The number of hydrogen-bond donors (Lipinski definition) is 0. The molecule has 2 heteroatoms. The van der Waals surface area contributed by atoms with Gasteiger partial charge in [-0.2, -0.15) is 0 Å². The highest BCUT2D eigenvalue weighted by Crippen LogP contribution is 2.13. The minimum atomic E-state index is 0.946. The summed E-state index contributed by atoms with van der Waals surface area (Å²) in [6.07, 6.45) is 5.96. The normalized spacial score (nSPS) is 10.2. The molecule has 12 heavy (non-hydrogen) atoms. The van der Waals surface area contributed by atoms with Gasteiger partial charge in [-0.05, 0) is 43.5 Å². The molecule has 62 valence electrons. The Balaban J connectivity index is 2.64. The first-order valence-electron chi connectivity index (χ1n) is 3.53. The van der Waals surface area contributed by atoms with Crippen molar-refractivity contribution in [3.05, 3.63) is 51.4 Å². The third-order valence-electron chi connectivity index (χ3n) is 1.31. The van der Waals surface area contributed by atoms with Crippen molar-refractivity contribution in [1.29, 1.82) is 0 Å². The van der Waals surface area contributed by atoms with E-state index < -0.39 is 0 Å². The Bertz CT molecular complexity index is 282. The zero-order valence-electron chi connectivity index (χ0n) is 6.37. The van der Waals surface area contributed by atoms with Crippen LogP contribution in [-0.4, -0.2) is 0 Å². The zero-order valence-corrected chi connectivity index (χ0v) is 9.55. The summed E-state index contributed by atoms with van der Waals surface area (Å²) in [6, 6.07) is 10.2. The summed E-state index contributed by atoms with van der Waals surface area (Å²) >= 11 is 6.55. The van der Waals surface area contributed by atoms with Crippen LogP contribution in [0.5, 0.6) is 0 Å². The van der Waals surface area contributed by atoms with Crippen molar-refractivity contribution in [1.82, 2.24) is 0 Å². The molecule has 0 heterocycles. The van der Waals surface area contributed by atoms with E-state index in [0.29, 0.717) is 0 Å². The van der Waals surface area contributed by atoms with Gasteiger partial charge in [0.1, 0.15) is 0 Å². The van der Waals surface area contributed by atoms with E-state index in [1.54, 1.807) is 0 Å². The maximum atomic E-state index is 3.27. The van der Waals surface area contributed by atoms with Crippen LogP contribution in [0.4, 0.5) is 0 Å². The van der Waals surface area contributed by atoms with Crippen LogP contribution in [0.1, 0.15) is 5.56 Å². The van der Waals surface area contributed by atoms with Gasteiger partial charge >= 0.3 is 0 Å². The second-order valence-electron chi connectivity index (χ2n) is 2.23. The van der Waals surface area contributed by atoms with E-state index in [0.717, 1.165) is 3.39 Å². The summed E-state index contributed by atoms with van der Waals surface area (Å²) in [6.45, 7) is 0. The fourth-order valence-corrected chi connectivity index (χ4v) is 1.10. The van der Waals surface area contributed by atoms with E-state index >= 15 is 0 Å². The summed E-state index contributed by atoms with van der Waals surface area (Å²) in [5.41, 5.74) is 1.20. The molecule has 0 aromatic heterocycles. The maximum absolute atomic E-state index is 3.27. The van der Waals surface area contributed by atoms with E-state index in [1.165, 1.54) is 5.56 Å². The second-order valence-corrected chi connectivity index (χ2v) is 5.00. The van der Waals surface area contributed by atoms with Gasteiger partial charge in [-0.1, -0.05) is 42.5 Å². The second kappa shape index (κ2) is 5.33. The molecule has 0 N–H and O–H groups in total.